The summed E-state index contributed by atoms with van der Waals surface area (Å²) in [6, 6.07) is 7.78. The molecule has 0 bridgehead atoms. The highest BCUT2D eigenvalue weighted by Crippen LogP contribution is 2.21. The Hall–Kier alpha value is -1.44. The molecular formula is C16H25N3O3S. The van der Waals surface area contributed by atoms with E-state index in [9.17, 15) is 13.2 Å². The van der Waals surface area contributed by atoms with Crippen LogP contribution < -0.4 is 10.6 Å². The summed E-state index contributed by atoms with van der Waals surface area (Å²) < 4.78 is 24.4. The van der Waals surface area contributed by atoms with Crippen molar-refractivity contribution < 1.29 is 13.2 Å². The van der Waals surface area contributed by atoms with Gasteiger partial charge < -0.3 is 10.6 Å². The van der Waals surface area contributed by atoms with E-state index in [2.05, 4.69) is 17.6 Å². The summed E-state index contributed by atoms with van der Waals surface area (Å²) in [5.41, 5.74) is 1.91. The van der Waals surface area contributed by atoms with Crippen LogP contribution in [0.5, 0.6) is 0 Å². The highest BCUT2D eigenvalue weighted by Gasteiger charge is 2.28. The fourth-order valence-electron chi connectivity index (χ4n) is 2.72. The molecule has 0 aromatic heterocycles. The van der Waals surface area contributed by atoms with Gasteiger partial charge in [0, 0.05) is 31.2 Å². The number of anilines is 1. The lowest BCUT2D eigenvalue weighted by atomic mass is 9.97. The molecule has 0 radical (unpaired) electrons. The first-order chi connectivity index (χ1) is 10.9. The van der Waals surface area contributed by atoms with Gasteiger partial charge in [0.25, 0.3) is 0 Å². The van der Waals surface area contributed by atoms with Gasteiger partial charge in [-0.05, 0) is 37.1 Å². The largest absolute Gasteiger partial charge is 0.326 e. The number of nitrogens with zero attached hydrogens (tertiary/aromatic N) is 1. The zero-order chi connectivity index (χ0) is 16.9. The number of piperidine rings is 1. The summed E-state index contributed by atoms with van der Waals surface area (Å²) in [5.74, 6) is -0.163. The van der Waals surface area contributed by atoms with Crippen LogP contribution in [0.2, 0.25) is 0 Å². The van der Waals surface area contributed by atoms with Crippen LogP contribution in [0.15, 0.2) is 24.3 Å². The number of rotatable bonds is 6. The maximum absolute atomic E-state index is 12.4. The summed E-state index contributed by atoms with van der Waals surface area (Å²) in [7, 11) is -3.15. The van der Waals surface area contributed by atoms with Gasteiger partial charge in [0.05, 0.1) is 6.26 Å². The maximum Gasteiger partial charge on any atom is 0.227 e. The summed E-state index contributed by atoms with van der Waals surface area (Å²) in [5, 5.41) is 6.20. The molecule has 2 rings (SSSR count). The Balaban J connectivity index is 1.90. The van der Waals surface area contributed by atoms with Crippen LogP contribution in [0.25, 0.3) is 0 Å². The van der Waals surface area contributed by atoms with Crippen LogP contribution in [0.1, 0.15) is 25.3 Å². The first kappa shape index (κ1) is 17.9. The summed E-state index contributed by atoms with van der Waals surface area (Å²) in [6.45, 7) is 4.55. The number of sulfonamides is 1. The Morgan fingerprint density at radius 3 is 2.61 bits per heavy atom. The second-order valence-electron chi connectivity index (χ2n) is 5.91. The smallest absolute Gasteiger partial charge is 0.227 e. The van der Waals surface area contributed by atoms with Crippen molar-refractivity contribution in [2.24, 2.45) is 5.92 Å². The number of hydrogen-bond acceptors (Lipinski definition) is 4. The zero-order valence-corrected chi connectivity index (χ0v) is 14.5. The number of carbonyl (C=O) groups is 1. The second-order valence-corrected chi connectivity index (χ2v) is 7.89. The number of benzene rings is 1. The first-order valence-corrected chi connectivity index (χ1v) is 9.80. The Morgan fingerprint density at radius 1 is 1.30 bits per heavy atom. The quantitative estimate of drug-likeness (QED) is 0.821. The van der Waals surface area contributed by atoms with Gasteiger partial charge in [0.15, 0.2) is 0 Å². The van der Waals surface area contributed by atoms with E-state index in [1.165, 1.54) is 10.6 Å². The van der Waals surface area contributed by atoms with Crippen LogP contribution in [-0.4, -0.2) is 44.5 Å². The van der Waals surface area contributed by atoms with Gasteiger partial charge in [-0.25, -0.2) is 12.7 Å². The molecule has 2 N–H and O–H groups in total. The van der Waals surface area contributed by atoms with E-state index in [0.29, 0.717) is 25.9 Å². The van der Waals surface area contributed by atoms with Crippen molar-refractivity contribution in [3.8, 4) is 0 Å². The Morgan fingerprint density at radius 2 is 2.00 bits per heavy atom. The van der Waals surface area contributed by atoms with Crippen LogP contribution in [0, 0.1) is 5.92 Å². The number of carbonyl (C=O) groups excluding carboxylic acids is 1. The fraction of sp³-hybridized carbons (Fsp3) is 0.562. The molecule has 1 saturated heterocycles. The molecule has 1 aromatic carbocycles. The molecule has 1 amide bonds. The third kappa shape index (κ3) is 5.30. The zero-order valence-electron chi connectivity index (χ0n) is 13.7. The van der Waals surface area contributed by atoms with Crippen molar-refractivity contribution in [2.75, 3.05) is 31.2 Å². The number of hydrogen-bond donors (Lipinski definition) is 2. The lowest BCUT2D eigenvalue weighted by Crippen LogP contribution is -2.40. The van der Waals surface area contributed by atoms with E-state index in [-0.39, 0.29) is 11.8 Å². The average molecular weight is 339 g/mol. The molecule has 0 unspecified atom stereocenters. The molecule has 0 aliphatic carbocycles. The van der Waals surface area contributed by atoms with Gasteiger partial charge in [0.2, 0.25) is 15.9 Å². The summed E-state index contributed by atoms with van der Waals surface area (Å²) >= 11 is 0. The van der Waals surface area contributed by atoms with E-state index in [0.717, 1.165) is 24.3 Å². The SMILES string of the molecule is CCNCc1cccc(NC(=O)C2CCN(S(C)(=O)=O)CC2)c1. The van der Waals surface area contributed by atoms with E-state index in [4.69, 9.17) is 0 Å². The first-order valence-electron chi connectivity index (χ1n) is 7.96. The van der Waals surface area contributed by atoms with Gasteiger partial charge in [0.1, 0.15) is 0 Å². The molecule has 7 heteroatoms. The molecule has 1 aliphatic rings. The molecule has 0 spiro atoms. The molecule has 128 valence electrons. The van der Waals surface area contributed by atoms with E-state index < -0.39 is 10.0 Å². The lowest BCUT2D eigenvalue weighted by molar-refractivity contribution is -0.120. The predicted octanol–water partition coefficient (Wildman–Crippen LogP) is 1.41. The minimum absolute atomic E-state index is 0.0289. The van der Waals surface area contributed by atoms with E-state index >= 15 is 0 Å². The minimum atomic E-state index is -3.15. The van der Waals surface area contributed by atoms with Gasteiger partial charge in [-0.3, -0.25) is 4.79 Å². The molecular weight excluding hydrogens is 314 g/mol. The van der Waals surface area contributed by atoms with Crippen LogP contribution in [0.3, 0.4) is 0 Å². The third-order valence-electron chi connectivity index (χ3n) is 4.07. The Labute approximate surface area is 138 Å². The summed E-state index contributed by atoms with van der Waals surface area (Å²) in [4.78, 5) is 12.4. The van der Waals surface area contributed by atoms with Gasteiger partial charge in [-0.15, -0.1) is 0 Å². The topological polar surface area (TPSA) is 78.5 Å². The van der Waals surface area contributed by atoms with E-state index in [1.807, 2.05) is 24.3 Å². The molecule has 1 fully saturated rings. The molecule has 0 atom stereocenters. The molecule has 1 heterocycles. The third-order valence-corrected chi connectivity index (χ3v) is 5.37. The lowest BCUT2D eigenvalue weighted by Gasteiger charge is -2.29. The fourth-order valence-corrected chi connectivity index (χ4v) is 3.60. The van der Waals surface area contributed by atoms with Crippen molar-refractivity contribution in [2.45, 2.75) is 26.3 Å². The van der Waals surface area contributed by atoms with Crippen molar-refractivity contribution in [3.05, 3.63) is 29.8 Å². The van der Waals surface area contributed by atoms with E-state index in [1.54, 1.807) is 0 Å². The normalized spacial score (nSPS) is 17.1. The Bertz CT molecular complexity index is 638. The molecule has 1 aliphatic heterocycles. The second kappa shape index (κ2) is 7.90. The van der Waals surface area contributed by atoms with Crippen molar-refractivity contribution in [3.63, 3.8) is 0 Å². The molecule has 23 heavy (non-hydrogen) atoms. The van der Waals surface area contributed by atoms with Gasteiger partial charge in [-0.1, -0.05) is 19.1 Å². The molecule has 6 nitrogen and oxygen atoms in total. The van der Waals surface area contributed by atoms with Crippen LogP contribution >= 0.6 is 0 Å². The average Bonchev–Trinajstić information content (AvgIpc) is 2.52. The standard InChI is InChI=1S/C16H25N3O3S/c1-3-17-12-13-5-4-6-15(11-13)18-16(20)14-7-9-19(10-8-14)23(2,21)22/h4-6,11,14,17H,3,7-10,12H2,1-2H3,(H,18,20). The molecule has 0 saturated carbocycles. The van der Waals surface area contributed by atoms with Crippen molar-refractivity contribution >= 4 is 21.6 Å². The Kier molecular flexibility index (Phi) is 6.15. The van der Waals surface area contributed by atoms with Crippen LogP contribution in [-0.2, 0) is 21.4 Å². The van der Waals surface area contributed by atoms with Gasteiger partial charge in [-0.2, -0.15) is 0 Å². The predicted molar refractivity (Wildman–Crippen MR) is 91.6 cm³/mol. The number of amides is 1. The van der Waals surface area contributed by atoms with Crippen molar-refractivity contribution in [1.29, 1.82) is 0 Å². The van der Waals surface area contributed by atoms with Crippen molar-refractivity contribution in [1.82, 2.24) is 9.62 Å². The maximum atomic E-state index is 12.4. The minimum Gasteiger partial charge on any atom is -0.326 e. The van der Waals surface area contributed by atoms with Crippen LogP contribution in [0.4, 0.5) is 5.69 Å². The summed E-state index contributed by atoms with van der Waals surface area (Å²) in [6.07, 6.45) is 2.34. The highest BCUT2D eigenvalue weighted by molar-refractivity contribution is 7.88. The van der Waals surface area contributed by atoms with Gasteiger partial charge >= 0.3 is 0 Å². The monoisotopic (exact) mass is 339 g/mol. The molecule has 1 aromatic rings. The highest BCUT2D eigenvalue weighted by atomic mass is 32.2. The number of nitrogens with one attached hydrogen (secondary N) is 2.